The third-order valence-corrected chi connectivity index (χ3v) is 3.25. The molecule has 2 rings (SSSR count). The number of nitriles is 1. The zero-order chi connectivity index (χ0) is 13.9. The summed E-state index contributed by atoms with van der Waals surface area (Å²) in [5.74, 6) is 0.711. The molecule has 3 nitrogen and oxygen atoms in total. The number of benzene rings is 1. The second kappa shape index (κ2) is 5.27. The maximum atomic E-state index is 9.11. The van der Waals surface area contributed by atoms with Crippen LogP contribution in [-0.4, -0.2) is 9.97 Å². The summed E-state index contributed by atoms with van der Waals surface area (Å²) in [6.45, 7) is 5.90. The maximum absolute atomic E-state index is 9.11. The molecule has 19 heavy (non-hydrogen) atoms. The van der Waals surface area contributed by atoms with E-state index in [1.165, 1.54) is 5.56 Å². The van der Waals surface area contributed by atoms with Crippen molar-refractivity contribution in [2.75, 3.05) is 0 Å². The molecule has 1 aromatic carbocycles. The summed E-state index contributed by atoms with van der Waals surface area (Å²) in [6, 6.07) is 10.7. The van der Waals surface area contributed by atoms with Gasteiger partial charge in [-0.25, -0.2) is 4.98 Å². The first-order valence-corrected chi connectivity index (χ1v) is 6.63. The predicted octanol–water partition coefficient (Wildman–Crippen LogP) is 3.83. The van der Waals surface area contributed by atoms with Gasteiger partial charge in [-0.1, -0.05) is 37.6 Å². The summed E-state index contributed by atoms with van der Waals surface area (Å²) in [4.78, 5) is 7.55. The molecule has 98 valence electrons. The second-order valence-corrected chi connectivity index (χ2v) is 5.33. The van der Waals surface area contributed by atoms with Crippen molar-refractivity contribution in [1.82, 2.24) is 9.97 Å². The summed E-state index contributed by atoms with van der Waals surface area (Å²) in [5.41, 5.74) is 2.83. The fourth-order valence-electron chi connectivity index (χ4n) is 1.98. The van der Waals surface area contributed by atoms with Gasteiger partial charge in [0, 0.05) is 0 Å². The van der Waals surface area contributed by atoms with Gasteiger partial charge in [-0.2, -0.15) is 5.26 Å². The number of aromatic nitrogens is 2. The van der Waals surface area contributed by atoms with Crippen molar-refractivity contribution in [1.29, 1.82) is 5.26 Å². The van der Waals surface area contributed by atoms with Gasteiger partial charge < -0.3 is 4.98 Å². The Morgan fingerprint density at radius 3 is 2.53 bits per heavy atom. The number of nitrogens with one attached hydrogen (secondary N) is 1. The van der Waals surface area contributed by atoms with Crippen molar-refractivity contribution in [3.05, 3.63) is 41.9 Å². The van der Waals surface area contributed by atoms with E-state index < -0.39 is 5.41 Å². The van der Waals surface area contributed by atoms with Crippen LogP contribution in [0.3, 0.4) is 0 Å². The zero-order valence-corrected chi connectivity index (χ0v) is 11.7. The molecule has 0 aliphatic rings. The standard InChI is InChI=1S/C16H19N3/c1-4-5-12-6-8-13(9-7-12)14-10-18-15(19-14)16(2,3)11-17/h6-10H,4-5H2,1-3H3,(H,18,19). The Balaban J connectivity index is 2.26. The van der Waals surface area contributed by atoms with Gasteiger partial charge in [-0.3, -0.25) is 0 Å². The van der Waals surface area contributed by atoms with Crippen LogP contribution in [-0.2, 0) is 11.8 Å². The average Bonchev–Trinajstić information content (AvgIpc) is 2.90. The maximum Gasteiger partial charge on any atom is 0.126 e. The molecule has 0 saturated carbocycles. The molecule has 0 saturated heterocycles. The first-order chi connectivity index (χ1) is 9.06. The molecule has 0 unspecified atom stereocenters. The molecule has 0 bridgehead atoms. The molecule has 0 aliphatic heterocycles. The molecule has 0 spiro atoms. The van der Waals surface area contributed by atoms with E-state index in [1.54, 1.807) is 6.20 Å². The van der Waals surface area contributed by atoms with Crippen molar-refractivity contribution in [2.24, 2.45) is 0 Å². The molecule has 0 radical (unpaired) electrons. The highest BCUT2D eigenvalue weighted by atomic mass is 14.9. The molecule has 0 atom stereocenters. The monoisotopic (exact) mass is 253 g/mol. The number of rotatable bonds is 4. The minimum atomic E-state index is -0.583. The Morgan fingerprint density at radius 1 is 1.26 bits per heavy atom. The fraction of sp³-hybridized carbons (Fsp3) is 0.375. The molecular formula is C16H19N3. The highest BCUT2D eigenvalue weighted by Crippen LogP contribution is 2.23. The minimum absolute atomic E-state index is 0.583. The van der Waals surface area contributed by atoms with Crippen LogP contribution in [0.4, 0.5) is 0 Å². The number of imidazole rings is 1. The number of aryl methyl sites for hydroxylation is 1. The molecule has 2 aromatic rings. The number of aromatic amines is 1. The van der Waals surface area contributed by atoms with Crippen LogP contribution in [0, 0.1) is 11.3 Å². The molecule has 1 N–H and O–H groups in total. The molecular weight excluding hydrogens is 234 g/mol. The lowest BCUT2D eigenvalue weighted by Crippen LogP contribution is -2.15. The van der Waals surface area contributed by atoms with Gasteiger partial charge in [0.1, 0.15) is 11.2 Å². The zero-order valence-electron chi connectivity index (χ0n) is 11.7. The Labute approximate surface area is 114 Å². The van der Waals surface area contributed by atoms with E-state index in [4.69, 9.17) is 5.26 Å². The first kappa shape index (κ1) is 13.4. The van der Waals surface area contributed by atoms with E-state index in [0.717, 1.165) is 24.1 Å². The smallest absolute Gasteiger partial charge is 0.126 e. The van der Waals surface area contributed by atoms with Crippen LogP contribution < -0.4 is 0 Å². The van der Waals surface area contributed by atoms with Crippen molar-refractivity contribution in [3.8, 4) is 17.3 Å². The van der Waals surface area contributed by atoms with Gasteiger partial charge in [0.05, 0.1) is 18.0 Å². The van der Waals surface area contributed by atoms with Crippen LogP contribution in [0.5, 0.6) is 0 Å². The largest absolute Gasteiger partial charge is 0.341 e. The van der Waals surface area contributed by atoms with E-state index in [9.17, 15) is 0 Å². The SMILES string of the molecule is CCCc1ccc(-c2cnc(C(C)(C)C#N)[nH]2)cc1. The third-order valence-electron chi connectivity index (χ3n) is 3.25. The van der Waals surface area contributed by atoms with E-state index >= 15 is 0 Å². The molecule has 0 fully saturated rings. The number of hydrogen-bond acceptors (Lipinski definition) is 2. The van der Waals surface area contributed by atoms with Gasteiger partial charge in [-0.15, -0.1) is 0 Å². The summed E-state index contributed by atoms with van der Waals surface area (Å²) in [6.07, 6.45) is 4.06. The molecule has 1 heterocycles. The lowest BCUT2D eigenvalue weighted by Gasteiger charge is -2.10. The Kier molecular flexibility index (Phi) is 3.71. The Morgan fingerprint density at radius 2 is 1.95 bits per heavy atom. The first-order valence-electron chi connectivity index (χ1n) is 6.63. The summed E-state index contributed by atoms with van der Waals surface area (Å²) in [5, 5.41) is 9.11. The van der Waals surface area contributed by atoms with Crippen molar-refractivity contribution in [2.45, 2.75) is 39.0 Å². The number of nitrogens with zero attached hydrogens (tertiary/aromatic N) is 2. The lowest BCUT2D eigenvalue weighted by molar-refractivity contribution is 0.640. The summed E-state index contributed by atoms with van der Waals surface area (Å²) in [7, 11) is 0. The Bertz CT molecular complexity index is 585. The van der Waals surface area contributed by atoms with Crippen LogP contribution in [0.15, 0.2) is 30.5 Å². The minimum Gasteiger partial charge on any atom is -0.341 e. The highest BCUT2D eigenvalue weighted by Gasteiger charge is 2.23. The van der Waals surface area contributed by atoms with Gasteiger partial charge in [0.2, 0.25) is 0 Å². The van der Waals surface area contributed by atoms with Gasteiger partial charge in [-0.05, 0) is 31.4 Å². The Hall–Kier alpha value is -2.08. The van der Waals surface area contributed by atoms with E-state index in [2.05, 4.69) is 47.2 Å². The highest BCUT2D eigenvalue weighted by molar-refractivity contribution is 5.59. The van der Waals surface area contributed by atoms with Crippen LogP contribution >= 0.6 is 0 Å². The number of H-pyrrole nitrogens is 1. The third kappa shape index (κ3) is 2.85. The van der Waals surface area contributed by atoms with Crippen molar-refractivity contribution < 1.29 is 0 Å². The normalized spacial score (nSPS) is 11.3. The van der Waals surface area contributed by atoms with E-state index in [-0.39, 0.29) is 0 Å². The lowest BCUT2D eigenvalue weighted by atomic mass is 9.95. The van der Waals surface area contributed by atoms with Gasteiger partial charge in [0.25, 0.3) is 0 Å². The fourth-order valence-corrected chi connectivity index (χ4v) is 1.98. The van der Waals surface area contributed by atoms with Crippen molar-refractivity contribution in [3.63, 3.8) is 0 Å². The average molecular weight is 253 g/mol. The summed E-state index contributed by atoms with van der Waals surface area (Å²) < 4.78 is 0. The van der Waals surface area contributed by atoms with Gasteiger partial charge in [0.15, 0.2) is 0 Å². The topological polar surface area (TPSA) is 52.5 Å². The predicted molar refractivity (Wildman–Crippen MR) is 76.7 cm³/mol. The van der Waals surface area contributed by atoms with Crippen LogP contribution in [0.2, 0.25) is 0 Å². The molecule has 0 aliphatic carbocycles. The van der Waals surface area contributed by atoms with Crippen LogP contribution in [0.25, 0.3) is 11.3 Å². The van der Waals surface area contributed by atoms with Crippen LogP contribution in [0.1, 0.15) is 38.6 Å². The second-order valence-electron chi connectivity index (χ2n) is 5.33. The number of hydrogen-bond donors (Lipinski definition) is 1. The quantitative estimate of drug-likeness (QED) is 0.900. The summed E-state index contributed by atoms with van der Waals surface area (Å²) >= 11 is 0. The van der Waals surface area contributed by atoms with Gasteiger partial charge >= 0.3 is 0 Å². The molecule has 0 amide bonds. The van der Waals surface area contributed by atoms with E-state index in [1.807, 2.05) is 13.8 Å². The molecule has 3 heteroatoms. The molecule has 1 aromatic heterocycles. The van der Waals surface area contributed by atoms with E-state index in [0.29, 0.717) is 5.82 Å². The van der Waals surface area contributed by atoms with Crippen molar-refractivity contribution >= 4 is 0 Å².